The predicted octanol–water partition coefficient (Wildman–Crippen LogP) is 1.90. The molecule has 154 valence electrons. The van der Waals surface area contributed by atoms with Gasteiger partial charge >= 0.3 is 0 Å². The number of nitrogens with one attached hydrogen (secondary N) is 2. The molecule has 0 bridgehead atoms. The first-order valence-corrected chi connectivity index (χ1v) is 9.69. The number of non-ortho nitro benzene ring substituents is 1. The fourth-order valence-electron chi connectivity index (χ4n) is 3.91. The van der Waals surface area contributed by atoms with Crippen molar-refractivity contribution in [3.63, 3.8) is 0 Å². The molecule has 0 spiro atoms. The lowest BCUT2D eigenvalue weighted by Crippen LogP contribution is -2.45. The van der Waals surface area contributed by atoms with E-state index in [0.717, 1.165) is 31.0 Å². The highest BCUT2D eigenvalue weighted by Crippen LogP contribution is 2.30. The van der Waals surface area contributed by atoms with Crippen LogP contribution in [-0.2, 0) is 22.4 Å². The van der Waals surface area contributed by atoms with E-state index in [-0.39, 0.29) is 30.1 Å². The molecule has 2 aliphatic rings. The van der Waals surface area contributed by atoms with Gasteiger partial charge in [0.25, 0.3) is 11.6 Å². The minimum atomic E-state index is -0.674. The van der Waals surface area contributed by atoms with Crippen LogP contribution in [0.15, 0.2) is 42.5 Å². The number of fused-ring (bicyclic) bond motifs is 1. The summed E-state index contributed by atoms with van der Waals surface area (Å²) in [5, 5.41) is 10.8. The van der Waals surface area contributed by atoms with Crippen molar-refractivity contribution < 1.29 is 19.3 Å². The molecular weight excluding hydrogens is 388 g/mol. The van der Waals surface area contributed by atoms with E-state index in [1.54, 1.807) is 4.90 Å². The molecule has 1 saturated heterocycles. The van der Waals surface area contributed by atoms with E-state index in [0.29, 0.717) is 0 Å². The number of benzene rings is 2. The van der Waals surface area contributed by atoms with Crippen LogP contribution in [0.2, 0.25) is 0 Å². The summed E-state index contributed by atoms with van der Waals surface area (Å²) in [6.07, 6.45) is 3.22. The number of nitrogens with zero attached hydrogens (tertiary/aromatic N) is 2. The Kier molecular flexibility index (Phi) is 5.18. The molecule has 1 aliphatic heterocycles. The SMILES string of the molecule is O=C(NNC(=O)[C@@H]1CC(=O)N(c2ccc3c(c2)CCC3)C1)c1cccc([N+](=O)[O-])c1. The van der Waals surface area contributed by atoms with Crippen molar-refractivity contribution in [3.05, 3.63) is 69.3 Å². The lowest BCUT2D eigenvalue weighted by Gasteiger charge is -2.18. The minimum absolute atomic E-state index is 0.0479. The van der Waals surface area contributed by atoms with Crippen LogP contribution in [0.5, 0.6) is 0 Å². The van der Waals surface area contributed by atoms with E-state index in [9.17, 15) is 24.5 Å². The summed E-state index contributed by atoms with van der Waals surface area (Å²) in [7, 11) is 0. The maximum absolute atomic E-state index is 12.5. The van der Waals surface area contributed by atoms with Crippen molar-refractivity contribution in [1.82, 2.24) is 10.9 Å². The summed E-state index contributed by atoms with van der Waals surface area (Å²) < 4.78 is 0. The van der Waals surface area contributed by atoms with Gasteiger partial charge in [-0.05, 0) is 48.6 Å². The van der Waals surface area contributed by atoms with Crippen LogP contribution >= 0.6 is 0 Å². The molecule has 2 aromatic carbocycles. The van der Waals surface area contributed by atoms with Gasteiger partial charge in [0.15, 0.2) is 0 Å². The third-order valence-electron chi connectivity index (χ3n) is 5.51. The Labute approximate surface area is 172 Å². The number of carbonyl (C=O) groups excluding carboxylic acids is 3. The zero-order chi connectivity index (χ0) is 21.3. The summed E-state index contributed by atoms with van der Waals surface area (Å²) >= 11 is 0. The smallest absolute Gasteiger partial charge is 0.270 e. The van der Waals surface area contributed by atoms with Gasteiger partial charge in [0.2, 0.25) is 11.8 Å². The first-order valence-electron chi connectivity index (χ1n) is 9.69. The number of rotatable bonds is 4. The lowest BCUT2D eigenvalue weighted by atomic mass is 10.1. The summed E-state index contributed by atoms with van der Waals surface area (Å²) in [6.45, 7) is 0.232. The second kappa shape index (κ2) is 7.94. The molecule has 1 atom stereocenters. The highest BCUT2D eigenvalue weighted by molar-refractivity contribution is 6.01. The summed E-state index contributed by atoms with van der Waals surface area (Å²) in [6, 6.07) is 11.2. The van der Waals surface area contributed by atoms with Crippen molar-refractivity contribution in [2.45, 2.75) is 25.7 Å². The largest absolute Gasteiger partial charge is 0.312 e. The minimum Gasteiger partial charge on any atom is -0.312 e. The molecule has 3 amide bonds. The third-order valence-corrected chi connectivity index (χ3v) is 5.51. The molecule has 0 radical (unpaired) electrons. The Bertz CT molecular complexity index is 1050. The van der Waals surface area contributed by atoms with Crippen LogP contribution in [0.3, 0.4) is 0 Å². The molecule has 2 N–H and O–H groups in total. The molecular formula is C21H20N4O5. The molecule has 2 aromatic rings. The average Bonchev–Trinajstić information content (AvgIpc) is 3.37. The Balaban J connectivity index is 1.36. The van der Waals surface area contributed by atoms with Crippen molar-refractivity contribution in [2.75, 3.05) is 11.4 Å². The van der Waals surface area contributed by atoms with Crippen molar-refractivity contribution >= 4 is 29.1 Å². The monoisotopic (exact) mass is 408 g/mol. The molecule has 0 aromatic heterocycles. The summed E-state index contributed by atoms with van der Waals surface area (Å²) in [5.74, 6) is -1.90. The van der Waals surface area contributed by atoms with Gasteiger partial charge in [0.05, 0.1) is 10.8 Å². The van der Waals surface area contributed by atoms with E-state index in [2.05, 4.69) is 10.9 Å². The Hall–Kier alpha value is -3.75. The first kappa shape index (κ1) is 19.6. The number of aryl methyl sites for hydroxylation is 2. The predicted molar refractivity (Wildman–Crippen MR) is 108 cm³/mol. The highest BCUT2D eigenvalue weighted by Gasteiger charge is 2.35. The second-order valence-corrected chi connectivity index (χ2v) is 7.46. The number of hydrogen-bond donors (Lipinski definition) is 2. The molecule has 9 heteroatoms. The fourth-order valence-corrected chi connectivity index (χ4v) is 3.91. The van der Waals surface area contributed by atoms with Gasteiger partial charge < -0.3 is 4.90 Å². The van der Waals surface area contributed by atoms with Crippen molar-refractivity contribution in [1.29, 1.82) is 0 Å². The number of hydrogen-bond acceptors (Lipinski definition) is 5. The number of hydrazine groups is 1. The maximum Gasteiger partial charge on any atom is 0.270 e. The van der Waals surface area contributed by atoms with E-state index >= 15 is 0 Å². The van der Waals surface area contributed by atoms with Gasteiger partial charge in [-0.25, -0.2) is 0 Å². The normalized spacial score (nSPS) is 17.5. The zero-order valence-corrected chi connectivity index (χ0v) is 16.1. The summed E-state index contributed by atoms with van der Waals surface area (Å²) in [4.78, 5) is 48.9. The Morgan fingerprint density at radius 2 is 1.87 bits per heavy atom. The fraction of sp³-hybridized carbons (Fsp3) is 0.286. The van der Waals surface area contributed by atoms with Crippen LogP contribution < -0.4 is 15.8 Å². The topological polar surface area (TPSA) is 122 Å². The van der Waals surface area contributed by atoms with Gasteiger partial charge in [0, 0.05) is 36.3 Å². The standard InChI is InChI=1S/C21H20N4O5/c26-19-11-16(12-24(19)17-8-7-13-3-1-4-14(13)9-17)21(28)23-22-20(27)15-5-2-6-18(10-15)25(29)30/h2,5-10,16H,1,3-4,11-12H2,(H,22,27)(H,23,28)/t16-/m1/s1. The third kappa shape index (κ3) is 3.86. The molecule has 1 aliphatic carbocycles. The number of amides is 3. The van der Waals surface area contributed by atoms with Crippen LogP contribution in [0.1, 0.15) is 34.3 Å². The van der Waals surface area contributed by atoms with Gasteiger partial charge in [-0.3, -0.25) is 35.3 Å². The number of carbonyl (C=O) groups is 3. The quantitative estimate of drug-likeness (QED) is 0.591. The second-order valence-electron chi connectivity index (χ2n) is 7.46. The Morgan fingerprint density at radius 3 is 2.67 bits per heavy atom. The molecule has 0 unspecified atom stereocenters. The van der Waals surface area contributed by atoms with E-state index < -0.39 is 22.7 Å². The number of anilines is 1. The van der Waals surface area contributed by atoms with E-state index in [1.807, 2.05) is 18.2 Å². The highest BCUT2D eigenvalue weighted by atomic mass is 16.6. The molecule has 1 heterocycles. The summed E-state index contributed by atoms with van der Waals surface area (Å²) in [5.41, 5.74) is 7.74. The Morgan fingerprint density at radius 1 is 1.07 bits per heavy atom. The molecule has 9 nitrogen and oxygen atoms in total. The molecule has 30 heavy (non-hydrogen) atoms. The maximum atomic E-state index is 12.5. The number of nitro groups is 1. The lowest BCUT2D eigenvalue weighted by molar-refractivity contribution is -0.384. The molecule has 4 rings (SSSR count). The van der Waals surface area contributed by atoms with Gasteiger partial charge in [-0.2, -0.15) is 0 Å². The van der Waals surface area contributed by atoms with Crippen LogP contribution in [0.4, 0.5) is 11.4 Å². The van der Waals surface area contributed by atoms with Crippen LogP contribution in [0.25, 0.3) is 0 Å². The van der Waals surface area contributed by atoms with Crippen LogP contribution in [-0.4, -0.2) is 29.2 Å². The number of nitro benzene ring substituents is 1. The van der Waals surface area contributed by atoms with Gasteiger partial charge in [-0.1, -0.05) is 12.1 Å². The van der Waals surface area contributed by atoms with Crippen molar-refractivity contribution in [2.24, 2.45) is 5.92 Å². The van der Waals surface area contributed by atoms with Crippen LogP contribution in [0, 0.1) is 16.0 Å². The first-order chi connectivity index (χ1) is 14.4. The average molecular weight is 408 g/mol. The molecule has 0 saturated carbocycles. The molecule has 1 fully saturated rings. The van der Waals surface area contributed by atoms with Crippen molar-refractivity contribution in [3.8, 4) is 0 Å². The van der Waals surface area contributed by atoms with Gasteiger partial charge in [-0.15, -0.1) is 0 Å². The van der Waals surface area contributed by atoms with E-state index in [4.69, 9.17) is 0 Å². The van der Waals surface area contributed by atoms with Gasteiger partial charge in [0.1, 0.15) is 0 Å². The van der Waals surface area contributed by atoms with E-state index in [1.165, 1.54) is 29.3 Å². The zero-order valence-electron chi connectivity index (χ0n) is 16.1.